The van der Waals surface area contributed by atoms with Crippen molar-refractivity contribution in [1.29, 1.82) is 0 Å². The molecule has 1 aromatic rings. The molecule has 11 nitrogen and oxygen atoms in total. The summed E-state index contributed by atoms with van der Waals surface area (Å²) in [6.07, 6.45) is 29.5. The number of rotatable bonds is 6. The van der Waals surface area contributed by atoms with E-state index >= 15 is 0 Å². The number of alkyl halides is 1. The number of benzene rings is 1. The van der Waals surface area contributed by atoms with Crippen LogP contribution in [-0.2, 0) is 33.4 Å². The fourth-order valence-electron chi connectivity index (χ4n) is 21.5. The molecule has 12 aliphatic carbocycles. The van der Waals surface area contributed by atoms with Crippen molar-refractivity contribution in [2.24, 2.45) is 105 Å². The van der Waals surface area contributed by atoms with E-state index < -0.39 is 21.6 Å². The minimum Gasteiger partial charge on any atom is -0.396 e. The summed E-state index contributed by atoms with van der Waals surface area (Å²) in [4.78, 5) is 35.6. The second-order valence-corrected chi connectivity index (χ2v) is 31.3. The molecule has 12 unspecified atom stereocenters. The van der Waals surface area contributed by atoms with Gasteiger partial charge in [-0.3, -0.25) is 18.6 Å². The minimum atomic E-state index is -3.87. The van der Waals surface area contributed by atoms with Gasteiger partial charge in [-0.15, -0.1) is 0 Å². The van der Waals surface area contributed by atoms with Crippen LogP contribution in [0.5, 0.6) is 0 Å². The SMILES string of the molecule is C1CCOC1.O=C1CCC2C3CC[C@@]4(CI)C(CC[C@@H]4O)C3CC[C@H]2C1.O=C1CCC2C3CC[C@@]4(CO)C(CC[C@@H]4O)C3CC[C@H]2C1.O=C1CCC2C3CC[C@@]4(COS(=O)(=O)c5ccc(Br)cc5)C(CC[C@@H]4O)C3CC[C@H]2C1. The molecule has 12 saturated carbocycles. The maximum atomic E-state index is 12.8. The normalized spacial score (nSPS) is 46.0. The van der Waals surface area contributed by atoms with Crippen LogP contribution < -0.4 is 0 Å². The lowest BCUT2D eigenvalue weighted by molar-refractivity contribution is -0.132. The molecule has 1 aromatic carbocycles. The first kappa shape index (κ1) is 58.9. The second kappa shape index (κ2) is 24.6. The van der Waals surface area contributed by atoms with Gasteiger partial charge in [0.15, 0.2) is 0 Å². The molecule has 1 saturated heterocycles. The van der Waals surface area contributed by atoms with Crippen molar-refractivity contribution < 1.29 is 52.1 Å². The molecule has 14 heteroatoms. The molecular formula is C64H94BrIO11S. The van der Waals surface area contributed by atoms with E-state index in [0.717, 1.165) is 186 Å². The number of carbonyl (C=O) groups excluding carboxylic acids is 3. The molecule has 4 N–H and O–H groups in total. The number of halogens is 2. The molecule has 436 valence electrons. The van der Waals surface area contributed by atoms with E-state index in [0.29, 0.717) is 70.6 Å². The van der Waals surface area contributed by atoms with Crippen molar-refractivity contribution in [2.45, 2.75) is 209 Å². The van der Waals surface area contributed by atoms with Crippen molar-refractivity contribution in [3.8, 4) is 0 Å². The van der Waals surface area contributed by atoms with Crippen LogP contribution in [0.25, 0.3) is 0 Å². The Labute approximate surface area is 488 Å². The van der Waals surface area contributed by atoms with Crippen molar-refractivity contribution in [2.75, 3.05) is 30.9 Å². The quantitative estimate of drug-likeness (QED) is 0.121. The van der Waals surface area contributed by atoms with Gasteiger partial charge in [0.2, 0.25) is 0 Å². The fourth-order valence-corrected chi connectivity index (χ4v) is 24.2. The van der Waals surface area contributed by atoms with Crippen molar-refractivity contribution in [3.63, 3.8) is 0 Å². The smallest absolute Gasteiger partial charge is 0.296 e. The largest absolute Gasteiger partial charge is 0.396 e. The lowest BCUT2D eigenvalue weighted by Crippen LogP contribution is -2.52. The van der Waals surface area contributed by atoms with Gasteiger partial charge in [-0.1, -0.05) is 38.5 Å². The molecule has 0 radical (unpaired) electrons. The monoisotopic (exact) mass is 1280 g/mol. The number of aliphatic hydroxyl groups is 4. The van der Waals surface area contributed by atoms with E-state index in [1.165, 1.54) is 57.8 Å². The Morgan fingerprint density at radius 2 is 0.910 bits per heavy atom. The lowest BCUT2D eigenvalue weighted by Gasteiger charge is -2.55. The zero-order chi connectivity index (χ0) is 54.6. The third kappa shape index (κ3) is 11.2. The molecule has 0 aromatic heterocycles. The maximum Gasteiger partial charge on any atom is 0.296 e. The van der Waals surface area contributed by atoms with Gasteiger partial charge in [0.05, 0.1) is 36.4 Å². The van der Waals surface area contributed by atoms with Gasteiger partial charge in [0.25, 0.3) is 10.1 Å². The van der Waals surface area contributed by atoms with Crippen molar-refractivity contribution in [3.05, 3.63) is 28.7 Å². The van der Waals surface area contributed by atoms with Gasteiger partial charge in [-0.2, -0.15) is 8.42 Å². The molecular weight excluding hydrogens is 1180 g/mol. The number of hydrogen-bond acceptors (Lipinski definition) is 11. The van der Waals surface area contributed by atoms with Crippen LogP contribution in [0.15, 0.2) is 33.6 Å². The Morgan fingerprint density at radius 1 is 0.513 bits per heavy atom. The zero-order valence-electron chi connectivity index (χ0n) is 46.6. The Balaban J connectivity index is 0.000000121. The topological polar surface area (TPSA) is 185 Å². The molecule has 21 atom stereocenters. The number of carbonyl (C=O) groups is 3. The van der Waals surface area contributed by atoms with Crippen LogP contribution >= 0.6 is 38.5 Å². The first-order valence-electron chi connectivity index (χ1n) is 31.6. The van der Waals surface area contributed by atoms with E-state index in [1.807, 2.05) is 0 Å². The van der Waals surface area contributed by atoms with Crippen LogP contribution in [0.4, 0.5) is 0 Å². The summed E-state index contributed by atoms with van der Waals surface area (Å²) in [5.41, 5.74) is -0.432. The van der Waals surface area contributed by atoms with Crippen LogP contribution in [0.2, 0.25) is 0 Å². The summed E-state index contributed by atoms with van der Waals surface area (Å²) in [6, 6.07) is 6.48. The summed E-state index contributed by atoms with van der Waals surface area (Å²) in [5, 5.41) is 42.0. The number of ketones is 3. The molecule has 78 heavy (non-hydrogen) atoms. The highest BCUT2D eigenvalue weighted by atomic mass is 127. The Bertz CT molecular complexity index is 2300. The predicted molar refractivity (Wildman–Crippen MR) is 311 cm³/mol. The summed E-state index contributed by atoms with van der Waals surface area (Å²) in [7, 11) is -3.87. The fraction of sp³-hybridized carbons (Fsp3) is 0.859. The highest BCUT2D eigenvalue weighted by molar-refractivity contribution is 14.1. The summed E-state index contributed by atoms with van der Waals surface area (Å²) >= 11 is 5.86. The molecule has 1 heterocycles. The molecule has 1 aliphatic heterocycles. The third-order valence-corrected chi connectivity index (χ3v) is 28.5. The highest BCUT2D eigenvalue weighted by Crippen LogP contribution is 2.66. The second-order valence-electron chi connectivity index (χ2n) is 28.0. The van der Waals surface area contributed by atoms with Gasteiger partial charge in [-0.25, -0.2) is 0 Å². The first-order chi connectivity index (χ1) is 37.6. The van der Waals surface area contributed by atoms with Crippen LogP contribution in [0, 0.1) is 105 Å². The summed E-state index contributed by atoms with van der Waals surface area (Å²) in [5.74, 6) is 11.4. The zero-order valence-corrected chi connectivity index (χ0v) is 51.1. The van der Waals surface area contributed by atoms with Gasteiger partial charge in [0.1, 0.15) is 17.3 Å². The number of Topliss-reactive ketones (excluding diaryl/α,β-unsaturated/α-hetero) is 3. The third-order valence-electron chi connectivity index (χ3n) is 25.3. The number of aliphatic hydroxyl groups excluding tert-OH is 4. The average molecular weight is 1280 g/mol. The molecule has 13 fully saturated rings. The van der Waals surface area contributed by atoms with Crippen LogP contribution in [0.1, 0.15) is 186 Å². The maximum absolute atomic E-state index is 12.8. The van der Waals surface area contributed by atoms with Gasteiger partial charge >= 0.3 is 0 Å². The molecule has 0 bridgehead atoms. The van der Waals surface area contributed by atoms with E-state index in [-0.39, 0.29) is 41.1 Å². The van der Waals surface area contributed by atoms with Gasteiger partial charge in [0, 0.05) is 76.9 Å². The van der Waals surface area contributed by atoms with Crippen LogP contribution in [-0.4, -0.2) is 95.4 Å². The Morgan fingerprint density at radius 3 is 1.33 bits per heavy atom. The van der Waals surface area contributed by atoms with E-state index in [9.17, 15) is 43.2 Å². The molecule has 14 rings (SSSR count). The van der Waals surface area contributed by atoms with E-state index in [2.05, 4.69) is 38.5 Å². The van der Waals surface area contributed by atoms with Gasteiger partial charge < -0.3 is 25.2 Å². The number of fused-ring (bicyclic) bond motifs is 15. The van der Waals surface area contributed by atoms with E-state index in [1.54, 1.807) is 24.3 Å². The standard InChI is InChI=1S/C24H31BrO5S.C18H27IO2.C18H28O3.C4H8O/c25-16-2-5-18(6-3-16)31(28,29)30-14-24-12-11-20-19-8-4-17(26)13-15(19)1-7-21(20)22(24)9-10-23(24)27;2*19-10-18-8-7-14-13-4-2-12(20)9-11(13)1-3-15(14)16(18)5-6-17(18)21;1-2-4-5-3-1/h2-3,5-6,15,19-23,27H,1,4,7-14H2;11,13-17,21H,1-10H2;11,13-17,19,21H,1-10H2;1-4H2/t15-,19?,20?,21?,22?,23-,24+;2*11-,13?,14?,15?,16?,17-,18+;/m000./s1. The van der Waals surface area contributed by atoms with E-state index in [4.69, 9.17) is 8.92 Å². The van der Waals surface area contributed by atoms with Crippen molar-refractivity contribution >= 4 is 66.0 Å². The Hall–Kier alpha value is -0.850. The van der Waals surface area contributed by atoms with Gasteiger partial charge in [-0.05, 0) is 261 Å². The molecule has 13 aliphatic rings. The number of ether oxygens (including phenoxy) is 1. The summed E-state index contributed by atoms with van der Waals surface area (Å²) < 4.78 is 38.2. The van der Waals surface area contributed by atoms with Crippen LogP contribution in [0.3, 0.4) is 0 Å². The first-order valence-corrected chi connectivity index (χ1v) is 35.3. The lowest BCUT2D eigenvalue weighted by atomic mass is 9.50. The Kier molecular flexibility index (Phi) is 18.6. The molecule has 0 spiro atoms. The minimum absolute atomic E-state index is 0.0500. The predicted octanol–water partition coefficient (Wildman–Crippen LogP) is 12.0. The summed E-state index contributed by atoms with van der Waals surface area (Å²) in [6.45, 7) is 2.22. The average Bonchev–Trinajstić information content (AvgIpc) is 4.46. The van der Waals surface area contributed by atoms with Crippen molar-refractivity contribution in [1.82, 2.24) is 0 Å². The number of hydrogen-bond donors (Lipinski definition) is 4. The molecule has 0 amide bonds. The highest BCUT2D eigenvalue weighted by Gasteiger charge is 2.62.